The van der Waals surface area contributed by atoms with E-state index >= 15 is 0 Å². The molecule has 3 aromatic rings. The first kappa shape index (κ1) is 24.4. The molecule has 184 valence electrons. The lowest BCUT2D eigenvalue weighted by atomic mass is 9.89. The van der Waals surface area contributed by atoms with Crippen LogP contribution in [0.4, 0.5) is 5.82 Å². The van der Waals surface area contributed by atoms with Crippen LogP contribution in [0.15, 0.2) is 65.7 Å². The third-order valence-corrected chi connectivity index (χ3v) is 7.77. The van der Waals surface area contributed by atoms with Crippen molar-refractivity contribution in [1.82, 2.24) is 10.3 Å². The summed E-state index contributed by atoms with van der Waals surface area (Å²) in [7, 11) is 0. The Morgan fingerprint density at radius 1 is 1.00 bits per heavy atom. The van der Waals surface area contributed by atoms with E-state index in [2.05, 4.69) is 16.3 Å². The molecule has 0 saturated carbocycles. The molecular formula is C29H30N4O2S. The van der Waals surface area contributed by atoms with Crippen LogP contribution in [0, 0.1) is 11.3 Å². The number of fused-ring (bicyclic) bond motifs is 1. The molecule has 7 heteroatoms. The lowest BCUT2D eigenvalue weighted by Crippen LogP contribution is -2.38. The minimum Gasteiger partial charge on any atom is -0.378 e. The number of ether oxygens (including phenoxy) is 1. The van der Waals surface area contributed by atoms with Gasteiger partial charge in [0.25, 0.3) is 0 Å². The van der Waals surface area contributed by atoms with E-state index in [0.29, 0.717) is 23.8 Å². The zero-order chi connectivity index (χ0) is 24.7. The Kier molecular flexibility index (Phi) is 7.85. The highest BCUT2D eigenvalue weighted by Gasteiger charge is 2.26. The maximum absolute atomic E-state index is 13.2. The Bertz CT molecular complexity index is 1200. The number of pyridine rings is 1. The van der Waals surface area contributed by atoms with E-state index in [-0.39, 0.29) is 17.7 Å². The van der Waals surface area contributed by atoms with Crippen LogP contribution in [0.2, 0.25) is 0 Å². The van der Waals surface area contributed by atoms with E-state index in [9.17, 15) is 10.1 Å². The zero-order valence-electron chi connectivity index (χ0n) is 20.3. The number of amides is 1. The Labute approximate surface area is 216 Å². The summed E-state index contributed by atoms with van der Waals surface area (Å²) in [5.74, 6) is 1.08. The van der Waals surface area contributed by atoms with Crippen molar-refractivity contribution in [2.75, 3.05) is 37.0 Å². The average Bonchev–Trinajstić information content (AvgIpc) is 2.95. The number of carbonyl (C=O) groups excluding carboxylic acids is 1. The molecule has 0 unspecified atom stereocenters. The summed E-state index contributed by atoms with van der Waals surface area (Å²) in [6, 6.07) is 22.1. The number of morpholine rings is 1. The molecule has 1 fully saturated rings. The van der Waals surface area contributed by atoms with E-state index in [4.69, 9.17) is 9.72 Å². The molecule has 36 heavy (non-hydrogen) atoms. The lowest BCUT2D eigenvalue weighted by molar-refractivity contribution is -0.119. The summed E-state index contributed by atoms with van der Waals surface area (Å²) in [5.41, 5.74) is 5.03. The molecule has 0 radical (unpaired) electrons. The van der Waals surface area contributed by atoms with E-state index in [1.54, 1.807) is 0 Å². The van der Waals surface area contributed by atoms with E-state index < -0.39 is 0 Å². The number of nitrogens with zero attached hydrogens (tertiary/aromatic N) is 3. The minimum atomic E-state index is -0.239. The normalized spacial score (nSPS) is 15.3. The summed E-state index contributed by atoms with van der Waals surface area (Å²) >= 11 is 1.36. The summed E-state index contributed by atoms with van der Waals surface area (Å²) in [4.78, 5) is 20.4. The molecule has 2 aliphatic rings. The van der Waals surface area contributed by atoms with Crippen LogP contribution in [0.25, 0.3) is 0 Å². The van der Waals surface area contributed by atoms with Gasteiger partial charge in [-0.25, -0.2) is 4.98 Å². The third kappa shape index (κ3) is 5.40. The number of anilines is 1. The second-order valence-electron chi connectivity index (χ2n) is 9.10. The molecule has 0 spiro atoms. The molecule has 1 aliphatic carbocycles. The van der Waals surface area contributed by atoms with Gasteiger partial charge in [0.2, 0.25) is 5.91 Å². The van der Waals surface area contributed by atoms with Gasteiger partial charge in [0.1, 0.15) is 16.9 Å². The van der Waals surface area contributed by atoms with Crippen molar-refractivity contribution in [2.24, 2.45) is 0 Å². The van der Waals surface area contributed by atoms with Gasteiger partial charge >= 0.3 is 0 Å². The van der Waals surface area contributed by atoms with E-state index in [0.717, 1.165) is 61.3 Å². The van der Waals surface area contributed by atoms with E-state index in [1.807, 2.05) is 60.7 Å². The second-order valence-corrected chi connectivity index (χ2v) is 10.1. The third-order valence-electron chi connectivity index (χ3n) is 6.79. The van der Waals surface area contributed by atoms with Crippen molar-refractivity contribution in [3.63, 3.8) is 0 Å². The highest BCUT2D eigenvalue weighted by Crippen LogP contribution is 2.36. The topological polar surface area (TPSA) is 78.2 Å². The van der Waals surface area contributed by atoms with Crippen LogP contribution in [-0.2, 0) is 22.4 Å². The first-order valence-electron chi connectivity index (χ1n) is 12.5. The number of carbonyl (C=O) groups is 1. The van der Waals surface area contributed by atoms with Crippen molar-refractivity contribution in [1.29, 1.82) is 5.26 Å². The fourth-order valence-electron chi connectivity index (χ4n) is 5.02. The Morgan fingerprint density at radius 2 is 1.61 bits per heavy atom. The molecule has 1 aromatic heterocycles. The molecule has 1 saturated heterocycles. The standard InChI is InChI=1S/C29H30N4O2S/c30-19-25-23-13-7-8-14-24(23)28(33-15-17-35-18-16-33)32-29(25)36-20-26(34)31-27(21-9-3-1-4-10-21)22-11-5-2-6-12-22/h1-6,9-12,27H,7-8,13-18,20H2,(H,31,34). The number of rotatable bonds is 7. The minimum absolute atomic E-state index is 0.0889. The van der Waals surface area contributed by atoms with Gasteiger partial charge in [0.05, 0.1) is 30.6 Å². The van der Waals surface area contributed by atoms with Crippen molar-refractivity contribution in [2.45, 2.75) is 36.8 Å². The monoisotopic (exact) mass is 498 g/mol. The number of aromatic nitrogens is 1. The Morgan fingerprint density at radius 3 is 2.22 bits per heavy atom. The molecule has 5 rings (SSSR count). The highest BCUT2D eigenvalue weighted by molar-refractivity contribution is 8.00. The largest absolute Gasteiger partial charge is 0.378 e. The van der Waals surface area contributed by atoms with Crippen molar-refractivity contribution < 1.29 is 9.53 Å². The van der Waals surface area contributed by atoms with Gasteiger partial charge in [-0.05, 0) is 47.9 Å². The molecular weight excluding hydrogens is 468 g/mol. The van der Waals surface area contributed by atoms with Crippen LogP contribution in [0.3, 0.4) is 0 Å². The summed E-state index contributed by atoms with van der Waals surface area (Å²) in [5, 5.41) is 13.9. The predicted molar refractivity (Wildman–Crippen MR) is 142 cm³/mol. The van der Waals surface area contributed by atoms with Crippen LogP contribution >= 0.6 is 11.8 Å². The first-order chi connectivity index (χ1) is 17.7. The molecule has 1 N–H and O–H groups in total. The van der Waals surface area contributed by atoms with Gasteiger partial charge in [-0.2, -0.15) is 5.26 Å². The Hall–Kier alpha value is -3.34. The van der Waals surface area contributed by atoms with Crippen molar-refractivity contribution in [3.05, 3.63) is 88.5 Å². The molecule has 2 aromatic carbocycles. The van der Waals surface area contributed by atoms with Crippen molar-refractivity contribution in [3.8, 4) is 6.07 Å². The Balaban J connectivity index is 1.38. The smallest absolute Gasteiger partial charge is 0.231 e. The SMILES string of the molecule is N#Cc1c(SCC(=O)NC(c2ccccc2)c2ccccc2)nc(N2CCOCC2)c2c1CCCC2. The quantitative estimate of drug-likeness (QED) is 0.477. The number of nitrogens with one attached hydrogen (secondary N) is 1. The van der Waals surface area contributed by atoms with Gasteiger partial charge in [-0.15, -0.1) is 0 Å². The van der Waals surface area contributed by atoms with Gasteiger partial charge < -0.3 is 15.0 Å². The number of nitriles is 1. The summed E-state index contributed by atoms with van der Waals surface area (Å²) in [6.45, 7) is 2.96. The fraction of sp³-hybridized carbons (Fsp3) is 0.345. The fourth-order valence-corrected chi connectivity index (χ4v) is 5.84. The summed E-state index contributed by atoms with van der Waals surface area (Å²) in [6.07, 6.45) is 4.04. The molecule has 1 amide bonds. The van der Waals surface area contributed by atoms with Crippen molar-refractivity contribution >= 4 is 23.5 Å². The number of hydrogen-bond acceptors (Lipinski definition) is 6. The zero-order valence-corrected chi connectivity index (χ0v) is 21.1. The maximum atomic E-state index is 13.2. The van der Waals surface area contributed by atoms with Gasteiger partial charge in [0, 0.05) is 13.1 Å². The maximum Gasteiger partial charge on any atom is 0.231 e. The van der Waals surface area contributed by atoms with Crippen LogP contribution < -0.4 is 10.2 Å². The molecule has 0 atom stereocenters. The van der Waals surface area contributed by atoms with Crippen LogP contribution in [0.1, 0.15) is 46.7 Å². The molecule has 0 bridgehead atoms. The highest BCUT2D eigenvalue weighted by atomic mass is 32.2. The number of benzene rings is 2. The first-order valence-corrected chi connectivity index (χ1v) is 13.5. The lowest BCUT2D eigenvalue weighted by Gasteiger charge is -2.32. The van der Waals surface area contributed by atoms with Gasteiger partial charge in [-0.3, -0.25) is 4.79 Å². The van der Waals surface area contributed by atoms with Crippen LogP contribution in [0.5, 0.6) is 0 Å². The second kappa shape index (κ2) is 11.6. The van der Waals surface area contributed by atoms with Crippen LogP contribution in [-0.4, -0.2) is 42.9 Å². The van der Waals surface area contributed by atoms with Gasteiger partial charge in [-0.1, -0.05) is 72.4 Å². The number of hydrogen-bond donors (Lipinski definition) is 1. The van der Waals surface area contributed by atoms with E-state index in [1.165, 1.54) is 17.3 Å². The average molecular weight is 499 g/mol. The molecule has 1 aliphatic heterocycles. The predicted octanol–water partition coefficient (Wildman–Crippen LogP) is 4.67. The van der Waals surface area contributed by atoms with Gasteiger partial charge in [0.15, 0.2) is 0 Å². The number of thioether (sulfide) groups is 1. The summed E-state index contributed by atoms with van der Waals surface area (Å²) < 4.78 is 5.55. The molecule has 6 nitrogen and oxygen atoms in total. The molecule has 2 heterocycles.